The van der Waals surface area contributed by atoms with E-state index in [-0.39, 0.29) is 17.2 Å². The molecule has 0 spiro atoms. The predicted molar refractivity (Wildman–Crippen MR) is 108 cm³/mol. The fourth-order valence-electron chi connectivity index (χ4n) is 6.09. The van der Waals surface area contributed by atoms with Gasteiger partial charge in [0.1, 0.15) is 5.75 Å². The highest BCUT2D eigenvalue weighted by molar-refractivity contribution is 5.84. The van der Waals surface area contributed by atoms with Gasteiger partial charge in [-0.05, 0) is 80.4 Å². The molecule has 4 aliphatic rings. The summed E-state index contributed by atoms with van der Waals surface area (Å²) >= 11 is 0. The fourth-order valence-corrected chi connectivity index (χ4v) is 6.09. The minimum Gasteiger partial charge on any atom is -0.497 e. The van der Waals surface area contributed by atoms with Crippen molar-refractivity contribution in [2.45, 2.75) is 51.4 Å². The third kappa shape index (κ3) is 4.18. The Labute approximate surface area is 167 Å². The Kier molecular flexibility index (Phi) is 5.61. The van der Waals surface area contributed by atoms with Crippen LogP contribution in [0.1, 0.15) is 50.5 Å². The largest absolute Gasteiger partial charge is 0.497 e. The van der Waals surface area contributed by atoms with Gasteiger partial charge in [0.15, 0.2) is 0 Å². The molecule has 0 unspecified atom stereocenters. The first kappa shape index (κ1) is 19.3. The number of amides is 2. The van der Waals surface area contributed by atoms with Crippen LogP contribution in [0.15, 0.2) is 24.3 Å². The van der Waals surface area contributed by atoms with E-state index in [0.29, 0.717) is 19.5 Å². The van der Waals surface area contributed by atoms with E-state index in [4.69, 9.17) is 4.74 Å². The first-order valence-electron chi connectivity index (χ1n) is 10.7. The maximum Gasteiger partial charge on any atom is 0.226 e. The number of hydrogen-bond acceptors (Lipinski definition) is 3. The van der Waals surface area contributed by atoms with E-state index >= 15 is 0 Å². The lowest BCUT2D eigenvalue weighted by Crippen LogP contribution is -2.53. The molecule has 1 aromatic carbocycles. The lowest BCUT2D eigenvalue weighted by atomic mass is 9.49. The van der Waals surface area contributed by atoms with Crippen LogP contribution in [0.5, 0.6) is 5.75 Å². The highest BCUT2D eigenvalue weighted by Crippen LogP contribution is 2.60. The second-order valence-electron chi connectivity index (χ2n) is 9.15. The van der Waals surface area contributed by atoms with E-state index in [1.54, 1.807) is 7.11 Å². The number of rotatable bonds is 8. The number of hydrogen-bond donors (Lipinski definition) is 2. The average molecular weight is 385 g/mol. The van der Waals surface area contributed by atoms with Gasteiger partial charge in [0, 0.05) is 24.9 Å². The predicted octanol–water partition coefficient (Wildman–Crippen LogP) is 3.08. The summed E-state index contributed by atoms with van der Waals surface area (Å²) in [6.45, 7) is 1.04. The van der Waals surface area contributed by atoms with Crippen molar-refractivity contribution in [3.05, 3.63) is 29.8 Å². The summed E-state index contributed by atoms with van der Waals surface area (Å²) < 4.78 is 5.15. The lowest BCUT2D eigenvalue weighted by molar-refractivity contribution is -0.146. The van der Waals surface area contributed by atoms with E-state index in [0.717, 1.165) is 54.7 Å². The van der Waals surface area contributed by atoms with Crippen molar-refractivity contribution in [1.29, 1.82) is 0 Å². The van der Waals surface area contributed by atoms with Gasteiger partial charge in [-0.1, -0.05) is 12.1 Å². The van der Waals surface area contributed by atoms with Gasteiger partial charge in [-0.25, -0.2) is 0 Å². The van der Waals surface area contributed by atoms with Crippen molar-refractivity contribution in [3.63, 3.8) is 0 Å². The van der Waals surface area contributed by atoms with Gasteiger partial charge in [0.25, 0.3) is 0 Å². The van der Waals surface area contributed by atoms with Crippen molar-refractivity contribution in [2.75, 3.05) is 20.2 Å². The van der Waals surface area contributed by atoms with Crippen LogP contribution in [-0.2, 0) is 16.0 Å². The number of methoxy groups -OCH3 is 1. The molecule has 0 aliphatic heterocycles. The van der Waals surface area contributed by atoms with Crippen LogP contribution in [-0.4, -0.2) is 32.0 Å². The number of carbonyl (C=O) groups excluding carboxylic acids is 2. The second kappa shape index (κ2) is 8.14. The summed E-state index contributed by atoms with van der Waals surface area (Å²) in [7, 11) is 1.65. The van der Waals surface area contributed by atoms with Crippen molar-refractivity contribution >= 4 is 11.8 Å². The van der Waals surface area contributed by atoms with Gasteiger partial charge in [0.2, 0.25) is 11.8 Å². The molecule has 0 heterocycles. The molecule has 5 rings (SSSR count). The molecular formula is C23H32N2O3. The number of ether oxygens (including phenoxy) is 1. The number of benzene rings is 1. The molecule has 5 nitrogen and oxygen atoms in total. The molecule has 152 valence electrons. The molecule has 5 heteroatoms. The minimum absolute atomic E-state index is 0.000626. The Morgan fingerprint density at radius 3 is 2.14 bits per heavy atom. The van der Waals surface area contributed by atoms with Crippen LogP contribution in [0.3, 0.4) is 0 Å². The topological polar surface area (TPSA) is 67.4 Å². The Hall–Kier alpha value is -2.04. The first-order chi connectivity index (χ1) is 13.6. The minimum atomic E-state index is -0.125. The summed E-state index contributed by atoms with van der Waals surface area (Å²) in [6, 6.07) is 7.88. The van der Waals surface area contributed by atoms with Gasteiger partial charge in [-0.3, -0.25) is 9.59 Å². The molecule has 1 aromatic rings. The molecule has 4 saturated carbocycles. The van der Waals surface area contributed by atoms with Crippen molar-refractivity contribution in [1.82, 2.24) is 10.6 Å². The Morgan fingerprint density at radius 1 is 0.964 bits per heavy atom. The van der Waals surface area contributed by atoms with Gasteiger partial charge < -0.3 is 15.4 Å². The standard InChI is InChI=1S/C23H32N2O3/c1-28-20-4-2-16(3-5-20)6-8-24-21(26)7-9-25-22(27)23-13-17-10-18(14-23)12-19(11-17)15-23/h2-5,17-19H,6-15H2,1H3,(H,24,26)(H,25,27). The van der Waals surface area contributed by atoms with Crippen LogP contribution >= 0.6 is 0 Å². The maximum atomic E-state index is 12.9. The van der Waals surface area contributed by atoms with Crippen molar-refractivity contribution in [3.8, 4) is 5.75 Å². The van der Waals surface area contributed by atoms with Crippen molar-refractivity contribution < 1.29 is 14.3 Å². The Morgan fingerprint density at radius 2 is 1.57 bits per heavy atom. The summed E-state index contributed by atoms with van der Waals surface area (Å²) in [6.07, 6.45) is 8.35. The molecular weight excluding hydrogens is 352 g/mol. The van der Waals surface area contributed by atoms with Gasteiger partial charge >= 0.3 is 0 Å². The van der Waals surface area contributed by atoms with Crippen LogP contribution in [0.25, 0.3) is 0 Å². The highest BCUT2D eigenvalue weighted by atomic mass is 16.5. The quantitative estimate of drug-likeness (QED) is 0.724. The van der Waals surface area contributed by atoms with E-state index in [1.165, 1.54) is 19.3 Å². The zero-order chi connectivity index (χ0) is 19.6. The normalized spacial score (nSPS) is 30.1. The van der Waals surface area contributed by atoms with E-state index in [2.05, 4.69) is 10.6 Å². The second-order valence-corrected chi connectivity index (χ2v) is 9.15. The summed E-state index contributed by atoms with van der Waals surface area (Å²) in [4.78, 5) is 25.0. The Balaban J connectivity index is 1.16. The zero-order valence-corrected chi connectivity index (χ0v) is 16.8. The third-order valence-electron chi connectivity index (χ3n) is 7.05. The van der Waals surface area contributed by atoms with E-state index in [9.17, 15) is 9.59 Å². The zero-order valence-electron chi connectivity index (χ0n) is 16.8. The molecule has 0 atom stereocenters. The smallest absolute Gasteiger partial charge is 0.226 e. The van der Waals surface area contributed by atoms with Crippen LogP contribution in [0.2, 0.25) is 0 Å². The van der Waals surface area contributed by atoms with Gasteiger partial charge in [0.05, 0.1) is 7.11 Å². The number of nitrogens with one attached hydrogen (secondary N) is 2. The van der Waals surface area contributed by atoms with Crippen LogP contribution < -0.4 is 15.4 Å². The molecule has 2 amide bonds. The summed E-state index contributed by atoms with van der Waals surface area (Å²) in [5, 5.41) is 6.03. The molecule has 4 bridgehead atoms. The average Bonchev–Trinajstić information content (AvgIpc) is 2.67. The molecule has 4 fully saturated rings. The fraction of sp³-hybridized carbons (Fsp3) is 0.652. The third-order valence-corrected chi connectivity index (χ3v) is 7.05. The highest BCUT2D eigenvalue weighted by Gasteiger charge is 2.54. The lowest BCUT2D eigenvalue weighted by Gasteiger charge is -2.55. The SMILES string of the molecule is COc1ccc(CCNC(=O)CCNC(=O)C23CC4CC(CC(C4)C2)C3)cc1. The Bertz CT molecular complexity index is 678. The molecule has 0 saturated heterocycles. The van der Waals surface area contributed by atoms with E-state index < -0.39 is 0 Å². The van der Waals surface area contributed by atoms with Gasteiger partial charge in [-0.15, -0.1) is 0 Å². The molecule has 0 aromatic heterocycles. The number of carbonyl (C=O) groups is 2. The summed E-state index contributed by atoms with van der Waals surface area (Å²) in [5.74, 6) is 3.33. The molecule has 4 aliphatic carbocycles. The summed E-state index contributed by atoms with van der Waals surface area (Å²) in [5.41, 5.74) is 1.04. The van der Waals surface area contributed by atoms with Gasteiger partial charge in [-0.2, -0.15) is 0 Å². The molecule has 0 radical (unpaired) electrons. The van der Waals surface area contributed by atoms with Crippen LogP contribution in [0, 0.1) is 23.2 Å². The molecule has 28 heavy (non-hydrogen) atoms. The van der Waals surface area contributed by atoms with Crippen molar-refractivity contribution in [2.24, 2.45) is 23.2 Å². The van der Waals surface area contributed by atoms with Crippen LogP contribution in [0.4, 0.5) is 0 Å². The monoisotopic (exact) mass is 384 g/mol. The van der Waals surface area contributed by atoms with E-state index in [1.807, 2.05) is 24.3 Å². The first-order valence-corrected chi connectivity index (χ1v) is 10.7. The molecule has 2 N–H and O–H groups in total. The maximum absolute atomic E-state index is 12.9.